The van der Waals surface area contributed by atoms with Crippen LogP contribution in [0.2, 0.25) is 0 Å². The number of nitrogens with one attached hydrogen (secondary N) is 1. The van der Waals surface area contributed by atoms with E-state index in [9.17, 15) is 4.79 Å². The Morgan fingerprint density at radius 3 is 2.71 bits per heavy atom. The van der Waals surface area contributed by atoms with Crippen LogP contribution in [0.5, 0.6) is 0 Å². The first-order valence-electron chi connectivity index (χ1n) is 7.51. The van der Waals surface area contributed by atoms with E-state index < -0.39 is 0 Å². The largest absolute Gasteiger partial charge is 0.385 e. The zero-order valence-electron chi connectivity index (χ0n) is 13.4. The summed E-state index contributed by atoms with van der Waals surface area (Å²) >= 11 is 1.43. The molecule has 0 unspecified atom stereocenters. The number of rotatable bonds is 5. The highest BCUT2D eigenvalue weighted by atomic mass is 32.1. The lowest BCUT2D eigenvalue weighted by Crippen LogP contribution is -2.17. The van der Waals surface area contributed by atoms with E-state index in [0.717, 1.165) is 21.5 Å². The van der Waals surface area contributed by atoms with Gasteiger partial charge in [-0.05, 0) is 31.5 Å². The molecule has 0 spiro atoms. The van der Waals surface area contributed by atoms with E-state index in [1.807, 2.05) is 62.4 Å². The molecule has 0 aliphatic carbocycles. The van der Waals surface area contributed by atoms with Gasteiger partial charge in [0.2, 0.25) is 0 Å². The zero-order chi connectivity index (χ0) is 16.9. The van der Waals surface area contributed by atoms with Crippen LogP contribution in [0.25, 0.3) is 10.2 Å². The van der Waals surface area contributed by atoms with Crippen LogP contribution in [-0.4, -0.2) is 23.2 Å². The van der Waals surface area contributed by atoms with E-state index >= 15 is 0 Å². The van der Waals surface area contributed by atoms with Gasteiger partial charge in [0.1, 0.15) is 0 Å². The molecule has 3 rings (SSSR count). The summed E-state index contributed by atoms with van der Waals surface area (Å²) in [6.07, 6.45) is 0. The SMILES string of the molecule is C/C(=N\OCC(=O)Nc1nc2ccccc2s1)c1ccc(C)cc1. The molecule has 122 valence electrons. The second-order valence-corrected chi connectivity index (χ2v) is 6.38. The average molecular weight is 339 g/mol. The lowest BCUT2D eigenvalue weighted by molar-refractivity contribution is -0.120. The second kappa shape index (κ2) is 7.23. The number of aryl methyl sites for hydroxylation is 1. The van der Waals surface area contributed by atoms with Crippen molar-refractivity contribution in [3.05, 3.63) is 59.7 Å². The van der Waals surface area contributed by atoms with Gasteiger partial charge in [0, 0.05) is 0 Å². The van der Waals surface area contributed by atoms with Gasteiger partial charge in [-0.25, -0.2) is 4.98 Å². The molecule has 0 saturated carbocycles. The number of amides is 1. The molecule has 0 aliphatic rings. The van der Waals surface area contributed by atoms with Gasteiger partial charge < -0.3 is 4.84 Å². The van der Waals surface area contributed by atoms with E-state index in [1.54, 1.807) is 0 Å². The number of hydrogen-bond acceptors (Lipinski definition) is 5. The number of hydrogen-bond donors (Lipinski definition) is 1. The van der Waals surface area contributed by atoms with Gasteiger partial charge in [-0.1, -0.05) is 58.5 Å². The number of nitrogens with zero attached hydrogens (tertiary/aromatic N) is 2. The summed E-state index contributed by atoms with van der Waals surface area (Å²) in [4.78, 5) is 21.4. The van der Waals surface area contributed by atoms with Crippen LogP contribution in [0.1, 0.15) is 18.1 Å². The van der Waals surface area contributed by atoms with Gasteiger partial charge in [0.25, 0.3) is 5.91 Å². The summed E-state index contributed by atoms with van der Waals surface area (Å²) < 4.78 is 1.03. The summed E-state index contributed by atoms with van der Waals surface area (Å²) in [7, 11) is 0. The van der Waals surface area contributed by atoms with Gasteiger partial charge in [-0.3, -0.25) is 10.1 Å². The number of carbonyl (C=O) groups is 1. The predicted molar refractivity (Wildman–Crippen MR) is 97.6 cm³/mol. The van der Waals surface area contributed by atoms with E-state index in [0.29, 0.717) is 5.13 Å². The summed E-state index contributed by atoms with van der Waals surface area (Å²) in [6.45, 7) is 3.72. The highest BCUT2D eigenvalue weighted by molar-refractivity contribution is 7.22. The number of thiazole rings is 1. The van der Waals surface area contributed by atoms with Crippen molar-refractivity contribution >= 4 is 38.3 Å². The molecule has 0 fully saturated rings. The summed E-state index contributed by atoms with van der Waals surface area (Å²) in [5, 5.41) is 7.27. The molecule has 0 bridgehead atoms. The zero-order valence-corrected chi connectivity index (χ0v) is 14.3. The van der Waals surface area contributed by atoms with Crippen LogP contribution in [0.15, 0.2) is 53.7 Å². The number of oxime groups is 1. The standard InChI is InChI=1S/C18H17N3O2S/c1-12-7-9-14(10-8-12)13(2)21-23-11-17(22)20-18-19-15-5-3-4-6-16(15)24-18/h3-10H,11H2,1-2H3,(H,19,20,22)/b21-13+. The Balaban J connectivity index is 1.55. The molecule has 6 heteroatoms. The Hall–Kier alpha value is -2.73. The molecule has 0 atom stereocenters. The van der Waals surface area contributed by atoms with E-state index in [2.05, 4.69) is 15.5 Å². The molecule has 1 aromatic heterocycles. The molecule has 24 heavy (non-hydrogen) atoms. The van der Waals surface area contributed by atoms with Crippen molar-refractivity contribution in [1.82, 2.24) is 4.98 Å². The fourth-order valence-electron chi connectivity index (χ4n) is 2.12. The molecular formula is C18H17N3O2S. The monoisotopic (exact) mass is 339 g/mol. The Morgan fingerprint density at radius 2 is 1.96 bits per heavy atom. The molecule has 1 N–H and O–H groups in total. The Morgan fingerprint density at radius 1 is 1.21 bits per heavy atom. The van der Waals surface area contributed by atoms with Crippen molar-refractivity contribution in [2.24, 2.45) is 5.16 Å². The molecule has 2 aromatic carbocycles. The van der Waals surface area contributed by atoms with Crippen LogP contribution in [0, 0.1) is 6.92 Å². The minimum absolute atomic E-state index is 0.154. The number of fused-ring (bicyclic) bond motifs is 1. The first-order chi connectivity index (χ1) is 11.6. The van der Waals surface area contributed by atoms with Gasteiger partial charge in [0.05, 0.1) is 15.9 Å². The van der Waals surface area contributed by atoms with Gasteiger partial charge >= 0.3 is 0 Å². The third-order valence-electron chi connectivity index (χ3n) is 3.41. The third kappa shape index (κ3) is 3.97. The minimum Gasteiger partial charge on any atom is -0.385 e. The van der Waals surface area contributed by atoms with E-state index in [4.69, 9.17) is 4.84 Å². The first kappa shape index (κ1) is 16.1. The van der Waals surface area contributed by atoms with Crippen LogP contribution in [0.4, 0.5) is 5.13 Å². The minimum atomic E-state index is -0.283. The maximum Gasteiger partial charge on any atom is 0.266 e. The van der Waals surface area contributed by atoms with Crippen LogP contribution >= 0.6 is 11.3 Å². The Labute approximate surface area is 144 Å². The normalized spacial score (nSPS) is 11.5. The van der Waals surface area contributed by atoms with Crippen molar-refractivity contribution in [3.63, 3.8) is 0 Å². The Bertz CT molecular complexity index is 852. The number of para-hydroxylation sites is 1. The fourth-order valence-corrected chi connectivity index (χ4v) is 3.00. The van der Waals surface area contributed by atoms with Crippen molar-refractivity contribution in [3.8, 4) is 0 Å². The average Bonchev–Trinajstić information content (AvgIpc) is 2.97. The smallest absolute Gasteiger partial charge is 0.266 e. The van der Waals surface area contributed by atoms with E-state index in [-0.39, 0.29) is 12.5 Å². The van der Waals surface area contributed by atoms with Crippen molar-refractivity contribution in [1.29, 1.82) is 0 Å². The maximum atomic E-state index is 11.9. The van der Waals surface area contributed by atoms with E-state index in [1.165, 1.54) is 16.9 Å². The van der Waals surface area contributed by atoms with Crippen LogP contribution < -0.4 is 5.32 Å². The molecule has 0 saturated heterocycles. The Kier molecular flexibility index (Phi) is 4.86. The van der Waals surface area contributed by atoms with Crippen molar-refractivity contribution in [2.45, 2.75) is 13.8 Å². The second-order valence-electron chi connectivity index (χ2n) is 5.35. The summed E-state index contributed by atoms with van der Waals surface area (Å²) in [6, 6.07) is 15.7. The quantitative estimate of drug-likeness (QED) is 0.565. The van der Waals surface area contributed by atoms with Crippen molar-refractivity contribution in [2.75, 3.05) is 11.9 Å². The fraction of sp³-hybridized carbons (Fsp3) is 0.167. The third-order valence-corrected chi connectivity index (χ3v) is 4.36. The van der Waals surface area contributed by atoms with Crippen LogP contribution in [0.3, 0.4) is 0 Å². The highest BCUT2D eigenvalue weighted by Crippen LogP contribution is 2.25. The first-order valence-corrected chi connectivity index (χ1v) is 8.32. The van der Waals surface area contributed by atoms with Gasteiger partial charge in [-0.15, -0.1) is 0 Å². The summed E-state index contributed by atoms with van der Waals surface area (Å²) in [5.74, 6) is -0.283. The topological polar surface area (TPSA) is 63.6 Å². The number of anilines is 1. The molecule has 5 nitrogen and oxygen atoms in total. The number of carbonyl (C=O) groups excluding carboxylic acids is 1. The van der Waals surface area contributed by atoms with Gasteiger partial charge in [0.15, 0.2) is 11.7 Å². The summed E-state index contributed by atoms with van der Waals surface area (Å²) in [5.41, 5.74) is 3.74. The molecule has 1 amide bonds. The maximum absolute atomic E-state index is 11.9. The van der Waals surface area contributed by atoms with Crippen molar-refractivity contribution < 1.29 is 9.63 Å². The molecule has 0 radical (unpaired) electrons. The molecule has 0 aliphatic heterocycles. The molecular weight excluding hydrogens is 322 g/mol. The predicted octanol–water partition coefficient (Wildman–Crippen LogP) is 3.98. The van der Waals surface area contributed by atoms with Crippen LogP contribution in [-0.2, 0) is 9.63 Å². The molecule has 3 aromatic rings. The number of benzene rings is 2. The number of aromatic nitrogens is 1. The lowest BCUT2D eigenvalue weighted by atomic mass is 10.1. The highest BCUT2D eigenvalue weighted by Gasteiger charge is 2.08. The molecule has 1 heterocycles. The van der Waals surface area contributed by atoms with Gasteiger partial charge in [-0.2, -0.15) is 0 Å². The lowest BCUT2D eigenvalue weighted by Gasteiger charge is -2.03.